The third-order valence-electron chi connectivity index (χ3n) is 7.64. The van der Waals surface area contributed by atoms with Gasteiger partial charge in [-0.3, -0.25) is 13.9 Å². The molecule has 2 amide bonds. The Bertz CT molecular complexity index is 1720. The molecule has 4 rings (SSSR count). The molecule has 0 unspecified atom stereocenters. The van der Waals surface area contributed by atoms with Crippen LogP contribution in [0, 0.1) is 12.7 Å². The summed E-state index contributed by atoms with van der Waals surface area (Å²) in [5.74, 6) is -1.62. The molecular formula is C35H37ClFN3O4S. The van der Waals surface area contributed by atoms with Crippen molar-refractivity contribution in [3.05, 3.63) is 131 Å². The van der Waals surface area contributed by atoms with E-state index in [-0.39, 0.29) is 29.5 Å². The van der Waals surface area contributed by atoms with Gasteiger partial charge in [-0.15, -0.1) is 0 Å². The fourth-order valence-corrected chi connectivity index (χ4v) is 6.50. The number of nitrogens with one attached hydrogen (secondary N) is 1. The van der Waals surface area contributed by atoms with E-state index in [4.69, 9.17) is 11.6 Å². The largest absolute Gasteiger partial charge is 0.352 e. The van der Waals surface area contributed by atoms with Gasteiger partial charge >= 0.3 is 0 Å². The monoisotopic (exact) mass is 649 g/mol. The van der Waals surface area contributed by atoms with Gasteiger partial charge < -0.3 is 10.2 Å². The molecule has 4 aromatic carbocycles. The number of aryl methyl sites for hydroxylation is 1. The Balaban J connectivity index is 1.83. The van der Waals surface area contributed by atoms with E-state index in [1.807, 2.05) is 44.2 Å². The van der Waals surface area contributed by atoms with E-state index in [1.54, 1.807) is 49.4 Å². The minimum absolute atomic E-state index is 0.0565. The predicted octanol–water partition coefficient (Wildman–Crippen LogP) is 6.54. The van der Waals surface area contributed by atoms with E-state index in [9.17, 15) is 18.0 Å². The summed E-state index contributed by atoms with van der Waals surface area (Å²) in [6.45, 7) is 4.66. The lowest BCUT2D eigenvalue weighted by molar-refractivity contribution is -0.140. The van der Waals surface area contributed by atoms with Crippen molar-refractivity contribution in [3.63, 3.8) is 0 Å². The molecule has 4 aromatic rings. The van der Waals surface area contributed by atoms with Crippen LogP contribution in [0.1, 0.15) is 37.0 Å². The lowest BCUT2D eigenvalue weighted by Crippen LogP contribution is -2.54. The third-order valence-corrected chi connectivity index (χ3v) is 9.66. The van der Waals surface area contributed by atoms with Gasteiger partial charge in [0.15, 0.2) is 0 Å². The van der Waals surface area contributed by atoms with E-state index in [0.29, 0.717) is 22.7 Å². The minimum Gasteiger partial charge on any atom is -0.352 e. The van der Waals surface area contributed by atoms with Crippen LogP contribution in [0.4, 0.5) is 10.1 Å². The second-order valence-electron chi connectivity index (χ2n) is 10.9. The smallest absolute Gasteiger partial charge is 0.264 e. The first kappa shape index (κ1) is 33.7. The van der Waals surface area contributed by atoms with Crippen LogP contribution in [-0.2, 0) is 32.6 Å². The lowest BCUT2D eigenvalue weighted by atomic mass is 10.0. The highest BCUT2D eigenvalue weighted by molar-refractivity contribution is 7.92. The van der Waals surface area contributed by atoms with Crippen molar-refractivity contribution in [2.24, 2.45) is 0 Å². The first-order chi connectivity index (χ1) is 21.5. The van der Waals surface area contributed by atoms with Gasteiger partial charge in [-0.05, 0) is 67.8 Å². The number of halogens is 2. The number of sulfonamides is 1. The molecule has 0 radical (unpaired) electrons. The topological polar surface area (TPSA) is 86.8 Å². The van der Waals surface area contributed by atoms with E-state index < -0.39 is 40.2 Å². The lowest BCUT2D eigenvalue weighted by Gasteiger charge is -2.34. The molecule has 45 heavy (non-hydrogen) atoms. The van der Waals surface area contributed by atoms with Crippen molar-refractivity contribution in [2.45, 2.75) is 57.1 Å². The maximum Gasteiger partial charge on any atom is 0.264 e. The highest BCUT2D eigenvalue weighted by Gasteiger charge is 2.35. The van der Waals surface area contributed by atoms with Gasteiger partial charge in [0, 0.05) is 29.6 Å². The summed E-state index contributed by atoms with van der Waals surface area (Å²) in [6.07, 6.45) is 0.795. The molecular weight excluding hydrogens is 613 g/mol. The molecule has 0 heterocycles. The SMILES string of the molecule is CC[C@@H](C)NC(=O)[C@@H](Cc1ccccc1)N(Cc1ccccc1F)C(=O)CN(c1ccccc1C)S(=O)(=O)c1ccc(Cl)cc1. The maximum atomic E-state index is 15.0. The number of rotatable bonds is 13. The molecule has 0 bridgehead atoms. The fraction of sp³-hybridized carbons (Fsp3) is 0.257. The zero-order valence-corrected chi connectivity index (χ0v) is 27.1. The zero-order valence-electron chi connectivity index (χ0n) is 25.5. The van der Waals surface area contributed by atoms with Crippen LogP contribution in [0.25, 0.3) is 0 Å². The fourth-order valence-electron chi connectivity index (χ4n) is 4.90. The van der Waals surface area contributed by atoms with Crippen molar-refractivity contribution in [2.75, 3.05) is 10.8 Å². The predicted molar refractivity (Wildman–Crippen MR) is 176 cm³/mol. The van der Waals surface area contributed by atoms with E-state index in [1.165, 1.54) is 35.2 Å². The average molecular weight is 650 g/mol. The summed E-state index contributed by atoms with van der Waals surface area (Å²) >= 11 is 6.04. The molecule has 0 fully saturated rings. The Labute approximate surface area is 269 Å². The molecule has 236 valence electrons. The van der Waals surface area contributed by atoms with Crippen LogP contribution in [0.2, 0.25) is 5.02 Å². The molecule has 0 saturated heterocycles. The highest BCUT2D eigenvalue weighted by atomic mass is 35.5. The molecule has 0 saturated carbocycles. The molecule has 0 aliphatic heterocycles. The van der Waals surface area contributed by atoms with Gasteiger partial charge in [0.05, 0.1) is 10.6 Å². The summed E-state index contributed by atoms with van der Waals surface area (Å²) in [7, 11) is -4.28. The number of carbonyl (C=O) groups is 2. The number of hydrogen-bond donors (Lipinski definition) is 1. The second-order valence-corrected chi connectivity index (χ2v) is 13.2. The number of para-hydroxylation sites is 1. The molecule has 0 spiro atoms. The van der Waals surface area contributed by atoms with Crippen LogP contribution in [-0.4, -0.2) is 43.8 Å². The Morgan fingerprint density at radius 1 is 0.889 bits per heavy atom. The standard InChI is InChI=1S/C35H37ClFN3O4S/c1-4-26(3)38-35(42)33(22-27-13-6-5-7-14-27)39(23-28-15-9-10-16-31(28)37)34(41)24-40(32-17-11-8-12-25(32)2)45(43,44)30-20-18-29(36)19-21-30/h5-21,26,33H,4,22-24H2,1-3H3,(H,38,42)/t26-,33-/m1/s1. The molecule has 1 N–H and O–H groups in total. The Kier molecular flexibility index (Phi) is 11.4. The van der Waals surface area contributed by atoms with E-state index in [2.05, 4.69) is 5.32 Å². The van der Waals surface area contributed by atoms with Gasteiger partial charge in [-0.25, -0.2) is 12.8 Å². The van der Waals surface area contributed by atoms with Crippen molar-refractivity contribution in [1.82, 2.24) is 10.2 Å². The summed E-state index contributed by atoms with van der Waals surface area (Å²) in [6, 6.07) is 26.5. The number of hydrogen-bond acceptors (Lipinski definition) is 4. The Morgan fingerprint density at radius 3 is 2.16 bits per heavy atom. The van der Waals surface area contributed by atoms with Crippen LogP contribution in [0.5, 0.6) is 0 Å². The number of nitrogens with zero attached hydrogens (tertiary/aromatic N) is 2. The number of anilines is 1. The summed E-state index contributed by atoms with van der Waals surface area (Å²) in [5, 5.41) is 3.33. The second kappa shape index (κ2) is 15.2. The molecule has 0 aliphatic carbocycles. The van der Waals surface area contributed by atoms with Gasteiger partial charge in [-0.1, -0.05) is 85.3 Å². The summed E-state index contributed by atoms with van der Waals surface area (Å²) in [4.78, 5) is 29.6. The Hall–Kier alpha value is -4.21. The van der Waals surface area contributed by atoms with Crippen molar-refractivity contribution in [3.8, 4) is 0 Å². The molecule has 2 atom stereocenters. The Morgan fingerprint density at radius 2 is 1.51 bits per heavy atom. The van der Waals surface area contributed by atoms with E-state index in [0.717, 1.165) is 9.87 Å². The third kappa shape index (κ3) is 8.49. The van der Waals surface area contributed by atoms with Crippen molar-refractivity contribution < 1.29 is 22.4 Å². The maximum absolute atomic E-state index is 15.0. The van der Waals surface area contributed by atoms with Gasteiger partial charge in [0.25, 0.3) is 10.0 Å². The summed E-state index contributed by atoms with van der Waals surface area (Å²) in [5.41, 5.74) is 1.91. The first-order valence-corrected chi connectivity index (χ1v) is 16.5. The van der Waals surface area contributed by atoms with Gasteiger partial charge in [0.1, 0.15) is 18.4 Å². The summed E-state index contributed by atoms with van der Waals surface area (Å²) < 4.78 is 44.3. The first-order valence-electron chi connectivity index (χ1n) is 14.7. The van der Waals surface area contributed by atoms with Crippen molar-refractivity contribution >= 4 is 39.1 Å². The van der Waals surface area contributed by atoms with Crippen LogP contribution in [0.15, 0.2) is 108 Å². The van der Waals surface area contributed by atoms with Gasteiger partial charge in [-0.2, -0.15) is 0 Å². The normalized spacial score (nSPS) is 12.6. The van der Waals surface area contributed by atoms with Crippen molar-refractivity contribution in [1.29, 1.82) is 0 Å². The van der Waals surface area contributed by atoms with Crippen LogP contribution in [0.3, 0.4) is 0 Å². The quantitative estimate of drug-likeness (QED) is 0.178. The average Bonchev–Trinajstić information content (AvgIpc) is 3.03. The number of benzene rings is 4. The van der Waals surface area contributed by atoms with Gasteiger partial charge in [0.2, 0.25) is 11.8 Å². The van der Waals surface area contributed by atoms with E-state index >= 15 is 4.39 Å². The molecule has 0 aliphatic rings. The number of carbonyl (C=O) groups excluding carboxylic acids is 2. The highest BCUT2D eigenvalue weighted by Crippen LogP contribution is 2.28. The minimum atomic E-state index is -4.28. The molecule has 10 heteroatoms. The molecule has 0 aromatic heterocycles. The van der Waals surface area contributed by atoms with Crippen LogP contribution >= 0.6 is 11.6 Å². The van der Waals surface area contributed by atoms with Crippen LogP contribution < -0.4 is 9.62 Å². The zero-order chi connectivity index (χ0) is 32.6. The number of amides is 2. The molecule has 7 nitrogen and oxygen atoms in total.